The van der Waals surface area contributed by atoms with Crippen LogP contribution < -0.4 is 0 Å². The number of esters is 1. The van der Waals surface area contributed by atoms with E-state index in [0.29, 0.717) is 13.0 Å². The Morgan fingerprint density at radius 1 is 0.528 bits per heavy atom. The topological polar surface area (TPSA) is 192 Å². The molecule has 0 amide bonds. The van der Waals surface area contributed by atoms with Crippen molar-refractivity contribution in [2.75, 3.05) is 19.8 Å². The number of ether oxygens (including phenoxy) is 2. The van der Waals surface area contributed by atoms with Crippen molar-refractivity contribution >= 4 is 13.8 Å². The smallest absolute Gasteiger partial charge is 0.457 e. The number of hydrogen-bond acceptors (Lipinski definition) is 11. The second-order valence-corrected chi connectivity index (χ2v) is 16.6. The Morgan fingerprint density at radius 2 is 0.887 bits per heavy atom. The molecule has 1 aliphatic carbocycles. The van der Waals surface area contributed by atoms with Gasteiger partial charge in [0.15, 0.2) is 0 Å². The summed E-state index contributed by atoms with van der Waals surface area (Å²) in [5.74, 6) is -0.480. The number of phosphoric acid groups is 1. The van der Waals surface area contributed by atoms with Gasteiger partial charge in [0.1, 0.15) is 42.7 Å². The Bertz CT molecular complexity index is 895. The quantitative estimate of drug-likeness (QED) is 0.0206. The molecule has 0 spiro atoms. The summed E-state index contributed by atoms with van der Waals surface area (Å²) in [5.41, 5.74) is 0. The summed E-state index contributed by atoms with van der Waals surface area (Å²) in [6.07, 6.45) is 19.3. The number of hydrogen-bond donors (Lipinski definition) is 6. The summed E-state index contributed by atoms with van der Waals surface area (Å²) >= 11 is 0. The van der Waals surface area contributed by atoms with Gasteiger partial charge in [-0.1, -0.05) is 168 Å². The number of aliphatic hydroxyl groups is 5. The average molecular weight is 783 g/mol. The van der Waals surface area contributed by atoms with E-state index in [4.69, 9.17) is 18.5 Å². The van der Waals surface area contributed by atoms with Gasteiger partial charge in [0.25, 0.3) is 0 Å². The Balaban J connectivity index is 2.31. The lowest BCUT2D eigenvalue weighted by atomic mass is 9.85. The summed E-state index contributed by atoms with van der Waals surface area (Å²) in [6, 6.07) is 0. The molecule has 0 aromatic heterocycles. The summed E-state index contributed by atoms with van der Waals surface area (Å²) < 4.78 is 34.0. The van der Waals surface area contributed by atoms with Gasteiger partial charge in [-0.2, -0.15) is 0 Å². The van der Waals surface area contributed by atoms with Crippen molar-refractivity contribution in [3.63, 3.8) is 0 Å². The van der Waals surface area contributed by atoms with Gasteiger partial charge in [0.2, 0.25) is 0 Å². The van der Waals surface area contributed by atoms with Crippen molar-refractivity contribution in [2.24, 2.45) is 0 Å². The van der Waals surface area contributed by atoms with Crippen LogP contribution in [0.25, 0.3) is 0 Å². The van der Waals surface area contributed by atoms with Crippen LogP contribution >= 0.6 is 7.82 Å². The van der Waals surface area contributed by atoms with E-state index in [1.54, 1.807) is 0 Å². The minimum absolute atomic E-state index is 0.0693. The van der Waals surface area contributed by atoms with Crippen LogP contribution in [0, 0.1) is 0 Å². The van der Waals surface area contributed by atoms with E-state index in [0.717, 1.165) is 44.9 Å². The number of rotatable bonds is 36. The first-order chi connectivity index (χ1) is 25.5. The molecule has 53 heavy (non-hydrogen) atoms. The minimum atomic E-state index is -5.00. The third-order valence-electron chi connectivity index (χ3n) is 10.2. The van der Waals surface area contributed by atoms with Crippen molar-refractivity contribution < 1.29 is 58.3 Å². The van der Waals surface area contributed by atoms with Gasteiger partial charge in [0, 0.05) is 13.0 Å². The lowest BCUT2D eigenvalue weighted by molar-refractivity contribution is -0.220. The van der Waals surface area contributed by atoms with Crippen LogP contribution in [0.5, 0.6) is 0 Å². The fourth-order valence-corrected chi connectivity index (χ4v) is 7.74. The molecule has 0 saturated heterocycles. The molecule has 0 aromatic carbocycles. The SMILES string of the molecule is CCCCCCCCCCCCCCCCCCCCCOCC(COP(=O)(O)OC1C(O)C(O)C(O)C(O)C1O)OC(=O)CCCCCCCCC. The molecule has 0 aromatic rings. The number of phosphoric ester groups is 1. The highest BCUT2D eigenvalue weighted by Gasteiger charge is 2.51. The van der Waals surface area contributed by atoms with Crippen LogP contribution in [-0.2, 0) is 27.9 Å². The molecular formula is C40H79O12P. The first-order valence-corrected chi connectivity index (χ1v) is 22.9. The molecule has 6 unspecified atom stereocenters. The Morgan fingerprint density at radius 3 is 1.30 bits per heavy atom. The van der Waals surface area contributed by atoms with E-state index < -0.39 is 63.1 Å². The predicted octanol–water partition coefficient (Wildman–Crippen LogP) is 7.81. The fraction of sp³-hybridized carbons (Fsp3) is 0.975. The van der Waals surface area contributed by atoms with Crippen LogP contribution in [0.1, 0.15) is 187 Å². The van der Waals surface area contributed by atoms with Gasteiger partial charge < -0.3 is 39.9 Å². The lowest BCUT2D eigenvalue weighted by Crippen LogP contribution is -2.64. The molecule has 13 heteroatoms. The van der Waals surface area contributed by atoms with E-state index in [2.05, 4.69) is 13.8 Å². The highest BCUT2D eigenvalue weighted by molar-refractivity contribution is 7.47. The van der Waals surface area contributed by atoms with Gasteiger partial charge in [-0.3, -0.25) is 13.8 Å². The molecule has 1 rings (SSSR count). The highest BCUT2D eigenvalue weighted by atomic mass is 31.2. The van der Waals surface area contributed by atoms with Crippen LogP contribution in [0.2, 0.25) is 0 Å². The van der Waals surface area contributed by atoms with Crippen LogP contribution in [0.15, 0.2) is 0 Å². The van der Waals surface area contributed by atoms with Crippen LogP contribution in [0.3, 0.4) is 0 Å². The first kappa shape index (κ1) is 50.4. The molecule has 0 bridgehead atoms. The standard InChI is InChI=1S/C40H79O12P/c1-3-5-7-9-11-12-13-14-15-16-17-18-19-20-21-22-24-26-28-30-49-31-33(51-34(41)29-27-25-23-10-8-6-4-2)32-50-53(47,48)52-40-38(45)36(43)35(42)37(44)39(40)46/h33,35-40,42-46H,3-32H2,1-2H3,(H,47,48). The monoisotopic (exact) mass is 783 g/mol. The van der Waals surface area contributed by atoms with Gasteiger partial charge in [-0.05, 0) is 12.8 Å². The number of carbonyl (C=O) groups is 1. The van der Waals surface area contributed by atoms with Gasteiger partial charge in [-0.25, -0.2) is 4.57 Å². The van der Waals surface area contributed by atoms with Gasteiger partial charge in [-0.15, -0.1) is 0 Å². The summed E-state index contributed by atoms with van der Waals surface area (Å²) in [6.45, 7) is 4.22. The summed E-state index contributed by atoms with van der Waals surface area (Å²) in [5, 5.41) is 49.9. The van der Waals surface area contributed by atoms with E-state index in [1.807, 2.05) is 0 Å². The largest absolute Gasteiger partial charge is 0.472 e. The number of aliphatic hydroxyl groups excluding tert-OH is 5. The van der Waals surface area contributed by atoms with Crippen molar-refractivity contribution in [1.29, 1.82) is 0 Å². The molecular weight excluding hydrogens is 703 g/mol. The molecule has 6 N–H and O–H groups in total. The van der Waals surface area contributed by atoms with E-state index in [1.165, 1.54) is 116 Å². The second-order valence-electron chi connectivity index (χ2n) is 15.2. The van der Waals surface area contributed by atoms with Gasteiger partial charge in [0.05, 0.1) is 13.2 Å². The third kappa shape index (κ3) is 25.3. The van der Waals surface area contributed by atoms with Gasteiger partial charge >= 0.3 is 13.8 Å². The molecule has 316 valence electrons. The lowest BCUT2D eigenvalue weighted by Gasteiger charge is -2.41. The number of carbonyl (C=O) groups excluding carboxylic acids is 1. The zero-order valence-electron chi connectivity index (χ0n) is 33.3. The van der Waals surface area contributed by atoms with Crippen molar-refractivity contribution in [3.8, 4) is 0 Å². The molecule has 1 fully saturated rings. The van der Waals surface area contributed by atoms with E-state index in [9.17, 15) is 39.8 Å². The average Bonchev–Trinajstić information content (AvgIpc) is 3.14. The fourth-order valence-electron chi connectivity index (χ4n) is 6.77. The molecule has 1 saturated carbocycles. The maximum atomic E-state index is 12.7. The molecule has 12 nitrogen and oxygen atoms in total. The van der Waals surface area contributed by atoms with E-state index in [-0.39, 0.29) is 13.0 Å². The van der Waals surface area contributed by atoms with E-state index >= 15 is 0 Å². The molecule has 0 radical (unpaired) electrons. The highest BCUT2D eigenvalue weighted by Crippen LogP contribution is 2.47. The predicted molar refractivity (Wildman–Crippen MR) is 207 cm³/mol. The second kappa shape index (κ2) is 32.4. The minimum Gasteiger partial charge on any atom is -0.457 e. The molecule has 6 atom stereocenters. The number of unbranched alkanes of at least 4 members (excludes halogenated alkanes) is 24. The Labute approximate surface area is 321 Å². The zero-order valence-corrected chi connectivity index (χ0v) is 34.2. The molecule has 1 aliphatic rings. The van der Waals surface area contributed by atoms with Crippen LogP contribution in [0.4, 0.5) is 0 Å². The molecule has 0 aliphatic heterocycles. The van der Waals surface area contributed by atoms with Crippen molar-refractivity contribution in [1.82, 2.24) is 0 Å². The summed E-state index contributed by atoms with van der Waals surface area (Å²) in [4.78, 5) is 22.9. The maximum absolute atomic E-state index is 12.7. The Kier molecular flexibility index (Phi) is 30.8. The first-order valence-electron chi connectivity index (χ1n) is 21.4. The van der Waals surface area contributed by atoms with Crippen molar-refractivity contribution in [2.45, 2.75) is 230 Å². The van der Waals surface area contributed by atoms with Crippen LogP contribution in [-0.4, -0.2) is 98.9 Å². The normalized spacial score (nSPS) is 23.5. The third-order valence-corrected chi connectivity index (χ3v) is 11.2. The maximum Gasteiger partial charge on any atom is 0.472 e. The summed E-state index contributed by atoms with van der Waals surface area (Å²) in [7, 11) is -5.00. The van der Waals surface area contributed by atoms with Crippen molar-refractivity contribution in [3.05, 3.63) is 0 Å². The Hall–Kier alpha value is -0.660. The molecule has 0 heterocycles. The zero-order chi connectivity index (χ0) is 39.2.